The summed E-state index contributed by atoms with van der Waals surface area (Å²) in [6.07, 6.45) is 5.00. The summed E-state index contributed by atoms with van der Waals surface area (Å²) in [4.78, 5) is 2.73. The van der Waals surface area contributed by atoms with Gasteiger partial charge in [0, 0.05) is 44.9 Å². The first-order chi connectivity index (χ1) is 9.08. The highest BCUT2D eigenvalue weighted by Gasteiger charge is 2.30. The number of hydrogen-bond donors (Lipinski definition) is 1. The largest absolute Gasteiger partial charge is 0.385 e. The van der Waals surface area contributed by atoms with Crippen molar-refractivity contribution in [3.05, 3.63) is 0 Å². The van der Waals surface area contributed by atoms with E-state index in [4.69, 9.17) is 4.74 Å². The number of nitrogens with one attached hydrogen (secondary N) is 1. The highest BCUT2D eigenvalue weighted by molar-refractivity contribution is 4.89. The summed E-state index contributed by atoms with van der Waals surface area (Å²) < 4.78 is 5.25. The SMILES string of the molecule is CCCC1CNC(CC(C)C)CN1C(C)CCOC. The van der Waals surface area contributed by atoms with Gasteiger partial charge >= 0.3 is 0 Å². The average molecular weight is 270 g/mol. The Balaban J connectivity index is 2.56. The average Bonchev–Trinajstić information content (AvgIpc) is 2.37. The molecular formula is C16H34N2O. The molecule has 0 amide bonds. The first-order valence-electron chi connectivity index (χ1n) is 8.06. The van der Waals surface area contributed by atoms with Gasteiger partial charge < -0.3 is 10.1 Å². The van der Waals surface area contributed by atoms with E-state index < -0.39 is 0 Å². The molecule has 114 valence electrons. The summed E-state index contributed by atoms with van der Waals surface area (Å²) in [5, 5.41) is 3.75. The van der Waals surface area contributed by atoms with Gasteiger partial charge in [0.2, 0.25) is 0 Å². The van der Waals surface area contributed by atoms with Gasteiger partial charge in [-0.3, -0.25) is 4.90 Å². The fourth-order valence-corrected chi connectivity index (χ4v) is 3.21. The highest BCUT2D eigenvalue weighted by atomic mass is 16.5. The lowest BCUT2D eigenvalue weighted by molar-refractivity contribution is 0.0593. The molecule has 0 aromatic carbocycles. The van der Waals surface area contributed by atoms with E-state index in [0.29, 0.717) is 18.1 Å². The molecular weight excluding hydrogens is 236 g/mol. The molecule has 3 heteroatoms. The molecule has 3 nitrogen and oxygen atoms in total. The van der Waals surface area contributed by atoms with Crippen LogP contribution in [0.3, 0.4) is 0 Å². The Bertz CT molecular complexity index is 233. The van der Waals surface area contributed by atoms with Crippen molar-refractivity contribution in [1.82, 2.24) is 10.2 Å². The molecule has 0 saturated carbocycles. The maximum absolute atomic E-state index is 5.25. The maximum atomic E-state index is 5.25. The number of hydrogen-bond acceptors (Lipinski definition) is 3. The summed E-state index contributed by atoms with van der Waals surface area (Å²) in [6, 6.07) is 2.01. The van der Waals surface area contributed by atoms with Crippen LogP contribution < -0.4 is 5.32 Å². The second-order valence-corrected chi connectivity index (χ2v) is 6.50. The Hall–Kier alpha value is -0.120. The summed E-state index contributed by atoms with van der Waals surface area (Å²) in [7, 11) is 1.80. The van der Waals surface area contributed by atoms with Crippen LogP contribution in [0, 0.1) is 5.92 Å². The van der Waals surface area contributed by atoms with Crippen molar-refractivity contribution < 1.29 is 4.74 Å². The molecule has 0 aromatic rings. The second kappa shape index (κ2) is 8.93. The van der Waals surface area contributed by atoms with Crippen molar-refractivity contribution in [3.63, 3.8) is 0 Å². The van der Waals surface area contributed by atoms with Crippen LogP contribution >= 0.6 is 0 Å². The van der Waals surface area contributed by atoms with Crippen LogP contribution in [0.5, 0.6) is 0 Å². The Kier molecular flexibility index (Phi) is 7.96. The molecule has 19 heavy (non-hydrogen) atoms. The van der Waals surface area contributed by atoms with Crippen molar-refractivity contribution in [2.24, 2.45) is 5.92 Å². The Morgan fingerprint density at radius 1 is 1.32 bits per heavy atom. The summed E-state index contributed by atoms with van der Waals surface area (Å²) >= 11 is 0. The van der Waals surface area contributed by atoms with E-state index in [2.05, 4.69) is 37.9 Å². The second-order valence-electron chi connectivity index (χ2n) is 6.50. The summed E-state index contributed by atoms with van der Waals surface area (Å²) in [6.45, 7) is 12.5. The van der Waals surface area contributed by atoms with Gasteiger partial charge in [0.1, 0.15) is 0 Å². The van der Waals surface area contributed by atoms with Gasteiger partial charge in [0.15, 0.2) is 0 Å². The maximum Gasteiger partial charge on any atom is 0.0477 e. The van der Waals surface area contributed by atoms with Crippen LogP contribution in [-0.2, 0) is 4.74 Å². The van der Waals surface area contributed by atoms with Crippen molar-refractivity contribution in [1.29, 1.82) is 0 Å². The van der Waals surface area contributed by atoms with Crippen LogP contribution in [0.2, 0.25) is 0 Å². The predicted molar refractivity (Wildman–Crippen MR) is 82.6 cm³/mol. The van der Waals surface area contributed by atoms with Gasteiger partial charge in [-0.1, -0.05) is 27.2 Å². The fraction of sp³-hybridized carbons (Fsp3) is 1.00. The zero-order chi connectivity index (χ0) is 14.3. The minimum atomic E-state index is 0.633. The predicted octanol–water partition coefficient (Wildman–Crippen LogP) is 2.90. The van der Waals surface area contributed by atoms with E-state index in [-0.39, 0.29) is 0 Å². The minimum Gasteiger partial charge on any atom is -0.385 e. The van der Waals surface area contributed by atoms with Crippen molar-refractivity contribution in [2.45, 2.75) is 71.5 Å². The standard InChI is InChI=1S/C16H34N2O/c1-6-7-16-11-17-15(10-13(2)3)12-18(16)14(4)8-9-19-5/h13-17H,6-12H2,1-5H3. The topological polar surface area (TPSA) is 24.5 Å². The Morgan fingerprint density at radius 3 is 2.63 bits per heavy atom. The van der Waals surface area contributed by atoms with E-state index in [1.807, 2.05) is 0 Å². The minimum absolute atomic E-state index is 0.633. The zero-order valence-corrected chi connectivity index (χ0v) is 13.6. The van der Waals surface area contributed by atoms with E-state index in [9.17, 15) is 0 Å². The van der Waals surface area contributed by atoms with Crippen LogP contribution in [0.15, 0.2) is 0 Å². The molecule has 1 heterocycles. The van der Waals surface area contributed by atoms with Crippen molar-refractivity contribution in [2.75, 3.05) is 26.8 Å². The third-order valence-electron chi connectivity index (χ3n) is 4.23. The monoisotopic (exact) mass is 270 g/mol. The molecule has 3 unspecified atom stereocenters. The summed E-state index contributed by atoms with van der Waals surface area (Å²) in [5.41, 5.74) is 0. The van der Waals surface area contributed by atoms with Gasteiger partial charge in [-0.15, -0.1) is 0 Å². The first-order valence-corrected chi connectivity index (χ1v) is 8.06. The van der Waals surface area contributed by atoms with E-state index >= 15 is 0 Å². The van der Waals surface area contributed by atoms with Crippen LogP contribution in [0.1, 0.15) is 53.4 Å². The molecule has 3 atom stereocenters. The number of nitrogens with zero attached hydrogens (tertiary/aromatic N) is 1. The number of piperazine rings is 1. The van der Waals surface area contributed by atoms with E-state index in [1.165, 1.54) is 25.8 Å². The smallest absolute Gasteiger partial charge is 0.0477 e. The van der Waals surface area contributed by atoms with Crippen molar-refractivity contribution >= 4 is 0 Å². The fourth-order valence-electron chi connectivity index (χ4n) is 3.21. The lowest BCUT2D eigenvalue weighted by atomic mass is 9.96. The molecule has 0 spiro atoms. The summed E-state index contributed by atoms with van der Waals surface area (Å²) in [5.74, 6) is 0.774. The number of ether oxygens (including phenoxy) is 1. The van der Waals surface area contributed by atoms with E-state index in [0.717, 1.165) is 25.5 Å². The molecule has 0 aromatic heterocycles. The first kappa shape index (κ1) is 16.9. The van der Waals surface area contributed by atoms with Gasteiger partial charge in [-0.2, -0.15) is 0 Å². The third kappa shape index (κ3) is 5.80. The normalized spacial score (nSPS) is 26.8. The lowest BCUT2D eigenvalue weighted by Gasteiger charge is -2.44. The van der Waals surface area contributed by atoms with Crippen molar-refractivity contribution in [3.8, 4) is 0 Å². The highest BCUT2D eigenvalue weighted by Crippen LogP contribution is 2.20. The van der Waals surface area contributed by atoms with E-state index in [1.54, 1.807) is 7.11 Å². The van der Waals surface area contributed by atoms with Gasteiger partial charge in [-0.25, -0.2) is 0 Å². The molecule has 1 aliphatic heterocycles. The third-order valence-corrected chi connectivity index (χ3v) is 4.23. The molecule has 1 saturated heterocycles. The number of methoxy groups -OCH3 is 1. The van der Waals surface area contributed by atoms with Crippen LogP contribution in [0.25, 0.3) is 0 Å². The molecule has 0 bridgehead atoms. The zero-order valence-electron chi connectivity index (χ0n) is 13.6. The van der Waals surface area contributed by atoms with Gasteiger partial charge in [-0.05, 0) is 32.1 Å². The Morgan fingerprint density at radius 2 is 2.05 bits per heavy atom. The van der Waals surface area contributed by atoms with Crippen LogP contribution in [0.4, 0.5) is 0 Å². The van der Waals surface area contributed by atoms with Gasteiger partial charge in [0.05, 0.1) is 0 Å². The molecule has 1 aliphatic rings. The molecule has 1 fully saturated rings. The molecule has 1 rings (SSSR count). The molecule has 0 aliphatic carbocycles. The lowest BCUT2D eigenvalue weighted by Crippen LogP contribution is -2.59. The number of rotatable bonds is 8. The molecule has 0 radical (unpaired) electrons. The van der Waals surface area contributed by atoms with Gasteiger partial charge in [0.25, 0.3) is 0 Å². The quantitative estimate of drug-likeness (QED) is 0.734. The van der Waals surface area contributed by atoms with Crippen LogP contribution in [-0.4, -0.2) is 49.8 Å². The molecule has 1 N–H and O–H groups in total. The Labute approximate surface area is 120 Å².